The van der Waals surface area contributed by atoms with E-state index in [-0.39, 0.29) is 0 Å². The number of benzene rings is 1. The number of nitriles is 1. The molecule has 1 saturated heterocycles. The zero-order valence-corrected chi connectivity index (χ0v) is 11.2. The van der Waals surface area contributed by atoms with Crippen molar-refractivity contribution >= 4 is 17.3 Å². The fourth-order valence-corrected chi connectivity index (χ4v) is 2.83. The number of anilines is 1. The Kier molecular flexibility index (Phi) is 4.46. The first kappa shape index (κ1) is 13.2. The second kappa shape index (κ2) is 6.08. The maximum Gasteiger partial charge on any atom is 0.0992 e. The topological polar surface area (TPSA) is 53.0 Å². The van der Waals surface area contributed by atoms with Crippen molar-refractivity contribution in [2.75, 3.05) is 24.5 Å². The van der Waals surface area contributed by atoms with Crippen LogP contribution in [0.4, 0.5) is 5.69 Å². The average molecular weight is 264 g/mol. The predicted molar refractivity (Wildman–Crippen MR) is 74.8 cm³/mol. The molecule has 1 fully saturated rings. The molecule has 0 unspecified atom stereocenters. The average Bonchev–Trinajstić information content (AvgIpc) is 2.40. The van der Waals surface area contributed by atoms with Crippen LogP contribution in [0.25, 0.3) is 0 Å². The van der Waals surface area contributed by atoms with Crippen LogP contribution >= 0.6 is 11.6 Å². The molecule has 0 bridgehead atoms. The fourth-order valence-electron chi connectivity index (χ4n) is 2.53. The van der Waals surface area contributed by atoms with E-state index in [1.807, 2.05) is 12.1 Å². The summed E-state index contributed by atoms with van der Waals surface area (Å²) in [6.07, 6.45) is 3.47. The number of rotatable bonds is 3. The SMILES string of the molecule is N#Cc1ccc(N2CCC(CCN)CC2)c(Cl)c1. The van der Waals surface area contributed by atoms with Gasteiger partial charge in [-0.25, -0.2) is 0 Å². The van der Waals surface area contributed by atoms with Gasteiger partial charge in [0.1, 0.15) is 0 Å². The molecule has 1 aromatic rings. The first-order chi connectivity index (χ1) is 8.74. The highest BCUT2D eigenvalue weighted by Gasteiger charge is 2.20. The van der Waals surface area contributed by atoms with E-state index in [1.54, 1.807) is 6.07 Å². The van der Waals surface area contributed by atoms with Crippen LogP contribution in [0.1, 0.15) is 24.8 Å². The lowest BCUT2D eigenvalue weighted by Crippen LogP contribution is -2.34. The Bertz CT molecular complexity index is 445. The summed E-state index contributed by atoms with van der Waals surface area (Å²) in [5.74, 6) is 0.753. The van der Waals surface area contributed by atoms with Crippen LogP contribution in [-0.2, 0) is 0 Å². The number of hydrogen-bond acceptors (Lipinski definition) is 3. The largest absolute Gasteiger partial charge is 0.370 e. The molecule has 2 N–H and O–H groups in total. The first-order valence-electron chi connectivity index (χ1n) is 6.39. The summed E-state index contributed by atoms with van der Waals surface area (Å²) in [6, 6.07) is 7.62. The number of halogens is 1. The lowest BCUT2D eigenvalue weighted by Gasteiger charge is -2.34. The van der Waals surface area contributed by atoms with Gasteiger partial charge in [-0.2, -0.15) is 5.26 Å². The van der Waals surface area contributed by atoms with E-state index >= 15 is 0 Å². The molecule has 4 heteroatoms. The molecule has 0 radical (unpaired) electrons. The highest BCUT2D eigenvalue weighted by atomic mass is 35.5. The molecule has 1 heterocycles. The zero-order chi connectivity index (χ0) is 13.0. The van der Waals surface area contributed by atoms with Gasteiger partial charge in [-0.3, -0.25) is 0 Å². The zero-order valence-electron chi connectivity index (χ0n) is 10.4. The van der Waals surface area contributed by atoms with Gasteiger partial charge in [0.15, 0.2) is 0 Å². The van der Waals surface area contributed by atoms with Crippen LogP contribution in [-0.4, -0.2) is 19.6 Å². The van der Waals surface area contributed by atoms with Crippen molar-refractivity contribution in [1.29, 1.82) is 5.26 Å². The van der Waals surface area contributed by atoms with Crippen molar-refractivity contribution in [3.8, 4) is 6.07 Å². The molecule has 2 rings (SSSR count). The summed E-state index contributed by atoms with van der Waals surface area (Å²) in [4.78, 5) is 2.30. The van der Waals surface area contributed by atoms with E-state index < -0.39 is 0 Å². The van der Waals surface area contributed by atoms with Crippen molar-refractivity contribution in [2.45, 2.75) is 19.3 Å². The fraction of sp³-hybridized carbons (Fsp3) is 0.500. The van der Waals surface area contributed by atoms with Crippen molar-refractivity contribution in [3.63, 3.8) is 0 Å². The van der Waals surface area contributed by atoms with Crippen LogP contribution < -0.4 is 10.6 Å². The maximum atomic E-state index is 8.82. The van der Waals surface area contributed by atoms with E-state index in [9.17, 15) is 0 Å². The highest BCUT2D eigenvalue weighted by molar-refractivity contribution is 6.33. The minimum absolute atomic E-state index is 0.613. The van der Waals surface area contributed by atoms with E-state index in [0.29, 0.717) is 10.6 Å². The van der Waals surface area contributed by atoms with Crippen LogP contribution in [0.3, 0.4) is 0 Å². The molecule has 18 heavy (non-hydrogen) atoms. The smallest absolute Gasteiger partial charge is 0.0992 e. The molecule has 0 aromatic heterocycles. The summed E-state index contributed by atoms with van der Waals surface area (Å²) in [6.45, 7) is 2.83. The van der Waals surface area contributed by atoms with Gasteiger partial charge in [-0.05, 0) is 49.9 Å². The Balaban J connectivity index is 2.04. The standard InChI is InChI=1S/C14H18ClN3/c15-13-9-12(10-17)1-2-14(13)18-7-4-11(3-6-16)5-8-18/h1-2,9,11H,3-8,16H2. The van der Waals surface area contributed by atoms with Crippen molar-refractivity contribution in [3.05, 3.63) is 28.8 Å². The van der Waals surface area contributed by atoms with Gasteiger partial charge < -0.3 is 10.6 Å². The Morgan fingerprint density at radius 3 is 2.67 bits per heavy atom. The Morgan fingerprint density at radius 2 is 2.11 bits per heavy atom. The minimum Gasteiger partial charge on any atom is -0.370 e. The normalized spacial score (nSPS) is 16.6. The Morgan fingerprint density at radius 1 is 1.39 bits per heavy atom. The Hall–Kier alpha value is -1.24. The molecule has 0 amide bonds. The second-order valence-corrected chi connectivity index (χ2v) is 5.19. The molecule has 96 valence electrons. The number of nitrogens with two attached hydrogens (primary N) is 1. The van der Waals surface area contributed by atoms with Crippen LogP contribution in [0.2, 0.25) is 5.02 Å². The van der Waals surface area contributed by atoms with Gasteiger partial charge >= 0.3 is 0 Å². The van der Waals surface area contributed by atoms with Gasteiger partial charge in [0, 0.05) is 13.1 Å². The second-order valence-electron chi connectivity index (χ2n) is 4.79. The summed E-state index contributed by atoms with van der Waals surface area (Å²) >= 11 is 6.23. The molecule has 3 nitrogen and oxygen atoms in total. The lowest BCUT2D eigenvalue weighted by molar-refractivity contribution is 0.386. The third-order valence-electron chi connectivity index (χ3n) is 3.61. The summed E-state index contributed by atoms with van der Waals surface area (Å²) in [7, 11) is 0. The van der Waals surface area contributed by atoms with Gasteiger partial charge in [0.2, 0.25) is 0 Å². The van der Waals surface area contributed by atoms with Crippen molar-refractivity contribution < 1.29 is 0 Å². The molecular weight excluding hydrogens is 246 g/mol. The van der Waals surface area contributed by atoms with Crippen LogP contribution in [0, 0.1) is 17.2 Å². The molecular formula is C14H18ClN3. The third kappa shape index (κ3) is 2.95. The van der Waals surface area contributed by atoms with Crippen LogP contribution in [0.15, 0.2) is 18.2 Å². The summed E-state index contributed by atoms with van der Waals surface area (Å²) in [5.41, 5.74) is 7.25. The van der Waals surface area contributed by atoms with E-state index in [1.165, 1.54) is 12.8 Å². The van der Waals surface area contributed by atoms with Gasteiger partial charge in [-0.1, -0.05) is 11.6 Å². The van der Waals surface area contributed by atoms with Crippen LogP contribution in [0.5, 0.6) is 0 Å². The van der Waals surface area contributed by atoms with Crippen molar-refractivity contribution in [1.82, 2.24) is 0 Å². The molecule has 0 atom stereocenters. The Labute approximate surface area is 113 Å². The molecule has 1 aliphatic heterocycles. The molecule has 1 aliphatic rings. The number of hydrogen-bond donors (Lipinski definition) is 1. The molecule has 0 aliphatic carbocycles. The first-order valence-corrected chi connectivity index (χ1v) is 6.77. The molecule has 1 aromatic carbocycles. The van der Waals surface area contributed by atoms with Gasteiger partial charge in [0.25, 0.3) is 0 Å². The maximum absolute atomic E-state index is 8.82. The minimum atomic E-state index is 0.613. The number of nitrogens with zero attached hydrogens (tertiary/aromatic N) is 2. The highest BCUT2D eigenvalue weighted by Crippen LogP contribution is 2.31. The summed E-state index contributed by atoms with van der Waals surface area (Å²) < 4.78 is 0. The quantitative estimate of drug-likeness (QED) is 0.912. The predicted octanol–water partition coefficient (Wildman–Crippen LogP) is 2.78. The molecule has 0 spiro atoms. The van der Waals surface area contributed by atoms with Gasteiger partial charge in [0.05, 0.1) is 22.3 Å². The van der Waals surface area contributed by atoms with E-state index in [4.69, 9.17) is 22.6 Å². The molecule has 0 saturated carbocycles. The van der Waals surface area contributed by atoms with Crippen molar-refractivity contribution in [2.24, 2.45) is 11.7 Å². The third-order valence-corrected chi connectivity index (χ3v) is 3.91. The summed E-state index contributed by atoms with van der Waals surface area (Å²) in [5, 5.41) is 9.50. The lowest BCUT2D eigenvalue weighted by atomic mass is 9.93. The number of piperidine rings is 1. The van der Waals surface area contributed by atoms with E-state index in [0.717, 1.165) is 37.7 Å². The van der Waals surface area contributed by atoms with E-state index in [2.05, 4.69) is 11.0 Å². The van der Waals surface area contributed by atoms with Gasteiger partial charge in [-0.15, -0.1) is 0 Å². The monoisotopic (exact) mass is 263 g/mol.